The number of hydrogen-bond donors (Lipinski definition) is 2. The molecule has 1 aromatic heterocycles. The van der Waals surface area contributed by atoms with Crippen molar-refractivity contribution < 1.29 is 14.0 Å². The maximum atomic E-state index is 13.6. The zero-order valence-electron chi connectivity index (χ0n) is 14.8. The lowest BCUT2D eigenvalue weighted by Crippen LogP contribution is -2.28. The van der Waals surface area contributed by atoms with E-state index in [0.29, 0.717) is 28.1 Å². The lowest BCUT2D eigenvalue weighted by Gasteiger charge is -2.15. The molecular formula is C20H20FN3O2. The second kappa shape index (κ2) is 6.12. The highest BCUT2D eigenvalue weighted by atomic mass is 19.1. The number of H-pyrrole nitrogens is 1. The normalized spacial score (nSPS) is 17.7. The highest BCUT2D eigenvalue weighted by molar-refractivity contribution is 6.34. The highest BCUT2D eigenvalue weighted by Gasteiger charge is 2.27. The van der Waals surface area contributed by atoms with E-state index in [-0.39, 0.29) is 11.8 Å². The van der Waals surface area contributed by atoms with Crippen molar-refractivity contribution in [3.63, 3.8) is 0 Å². The van der Waals surface area contributed by atoms with Gasteiger partial charge in [-0.3, -0.25) is 9.59 Å². The molecule has 5 nitrogen and oxygen atoms in total. The van der Waals surface area contributed by atoms with Gasteiger partial charge in [0, 0.05) is 35.7 Å². The van der Waals surface area contributed by atoms with Crippen LogP contribution in [0.1, 0.15) is 45.7 Å². The first-order valence-corrected chi connectivity index (χ1v) is 8.77. The molecule has 0 bridgehead atoms. The van der Waals surface area contributed by atoms with E-state index in [1.807, 2.05) is 18.7 Å². The summed E-state index contributed by atoms with van der Waals surface area (Å²) in [5.74, 6) is -0.638. The molecule has 2 aromatic rings. The Kier molecular flexibility index (Phi) is 3.90. The lowest BCUT2D eigenvalue weighted by molar-refractivity contribution is -0.110. The van der Waals surface area contributed by atoms with E-state index in [1.165, 1.54) is 12.1 Å². The summed E-state index contributed by atoms with van der Waals surface area (Å²) in [4.78, 5) is 30.2. The minimum atomic E-state index is -0.393. The number of aromatic amines is 1. The molecule has 26 heavy (non-hydrogen) atoms. The molecule has 2 amide bonds. The predicted octanol–water partition coefficient (Wildman–Crippen LogP) is 3.50. The van der Waals surface area contributed by atoms with Crippen LogP contribution in [0.15, 0.2) is 18.2 Å². The van der Waals surface area contributed by atoms with Crippen LogP contribution in [0.25, 0.3) is 11.6 Å². The summed E-state index contributed by atoms with van der Waals surface area (Å²) in [6, 6.07) is 4.22. The SMILES string of the molecule is Cc1[nH]c(/C=C2\C(=O)Nc3ccc(F)cc32)c(C)c1C(=O)N1CCCC1. The van der Waals surface area contributed by atoms with E-state index in [4.69, 9.17) is 0 Å². The van der Waals surface area contributed by atoms with E-state index in [9.17, 15) is 14.0 Å². The molecule has 2 aliphatic rings. The van der Waals surface area contributed by atoms with Crippen molar-refractivity contribution in [2.45, 2.75) is 26.7 Å². The van der Waals surface area contributed by atoms with Gasteiger partial charge in [0.2, 0.25) is 0 Å². The number of likely N-dealkylation sites (tertiary alicyclic amines) is 1. The van der Waals surface area contributed by atoms with Gasteiger partial charge in [-0.1, -0.05) is 0 Å². The molecule has 2 N–H and O–H groups in total. The minimum absolute atomic E-state index is 0.0284. The molecule has 0 aliphatic carbocycles. The molecule has 0 atom stereocenters. The molecule has 1 aromatic carbocycles. The molecule has 3 heterocycles. The Labute approximate surface area is 150 Å². The topological polar surface area (TPSA) is 65.2 Å². The molecular weight excluding hydrogens is 333 g/mol. The number of carbonyl (C=O) groups excluding carboxylic acids is 2. The van der Waals surface area contributed by atoms with E-state index in [2.05, 4.69) is 10.3 Å². The number of benzene rings is 1. The Bertz CT molecular complexity index is 952. The summed E-state index contributed by atoms with van der Waals surface area (Å²) >= 11 is 0. The standard InChI is InChI=1S/C20H20FN3O2/c1-11-17(22-12(2)18(11)20(26)24-7-3-4-8-24)10-15-14-9-13(21)5-6-16(14)23-19(15)25/h5-6,9-10,22H,3-4,7-8H2,1-2H3,(H,23,25)/b15-10-. The minimum Gasteiger partial charge on any atom is -0.358 e. The fourth-order valence-electron chi connectivity index (χ4n) is 3.77. The van der Waals surface area contributed by atoms with Crippen LogP contribution in [0.2, 0.25) is 0 Å². The van der Waals surface area contributed by atoms with E-state index in [0.717, 1.165) is 37.2 Å². The molecule has 0 spiro atoms. The number of rotatable bonds is 2. The molecule has 6 heteroatoms. The Hall–Kier alpha value is -2.89. The fraction of sp³-hybridized carbons (Fsp3) is 0.300. The van der Waals surface area contributed by atoms with Crippen LogP contribution in [-0.4, -0.2) is 34.8 Å². The van der Waals surface area contributed by atoms with Crippen molar-refractivity contribution >= 4 is 29.2 Å². The zero-order chi connectivity index (χ0) is 18.4. The number of anilines is 1. The maximum absolute atomic E-state index is 13.6. The number of aromatic nitrogens is 1. The van der Waals surface area contributed by atoms with Crippen molar-refractivity contribution in [1.29, 1.82) is 0 Å². The number of amides is 2. The molecule has 1 saturated heterocycles. The van der Waals surface area contributed by atoms with Crippen LogP contribution >= 0.6 is 0 Å². The van der Waals surface area contributed by atoms with Crippen molar-refractivity contribution in [2.75, 3.05) is 18.4 Å². The third kappa shape index (κ3) is 2.62. The molecule has 0 unspecified atom stereocenters. The maximum Gasteiger partial charge on any atom is 0.256 e. The van der Waals surface area contributed by atoms with Crippen molar-refractivity contribution in [3.8, 4) is 0 Å². The number of aryl methyl sites for hydroxylation is 1. The molecule has 1 fully saturated rings. The van der Waals surface area contributed by atoms with Gasteiger partial charge < -0.3 is 15.2 Å². The number of halogens is 1. The molecule has 0 saturated carbocycles. The van der Waals surface area contributed by atoms with Crippen molar-refractivity contribution in [1.82, 2.24) is 9.88 Å². The van der Waals surface area contributed by atoms with Gasteiger partial charge in [-0.05, 0) is 56.5 Å². The molecule has 134 valence electrons. The lowest BCUT2D eigenvalue weighted by atomic mass is 10.0. The summed E-state index contributed by atoms with van der Waals surface area (Å²) in [6.07, 6.45) is 3.77. The summed E-state index contributed by atoms with van der Waals surface area (Å²) in [5, 5.41) is 2.74. The molecule has 2 aliphatic heterocycles. The van der Waals surface area contributed by atoms with Crippen LogP contribution in [0.5, 0.6) is 0 Å². The van der Waals surface area contributed by atoms with Crippen LogP contribution in [0.4, 0.5) is 10.1 Å². The van der Waals surface area contributed by atoms with Gasteiger partial charge >= 0.3 is 0 Å². The Balaban J connectivity index is 1.75. The Morgan fingerprint density at radius 1 is 1.23 bits per heavy atom. The van der Waals surface area contributed by atoms with Gasteiger partial charge in [0.15, 0.2) is 0 Å². The number of hydrogen-bond acceptors (Lipinski definition) is 2. The smallest absolute Gasteiger partial charge is 0.256 e. The van der Waals surface area contributed by atoms with Gasteiger partial charge in [0.25, 0.3) is 11.8 Å². The number of fused-ring (bicyclic) bond motifs is 1. The van der Waals surface area contributed by atoms with Gasteiger partial charge in [-0.2, -0.15) is 0 Å². The number of carbonyl (C=O) groups is 2. The summed E-state index contributed by atoms with van der Waals surface area (Å²) < 4.78 is 13.6. The average molecular weight is 353 g/mol. The largest absolute Gasteiger partial charge is 0.358 e. The third-order valence-corrected chi connectivity index (χ3v) is 5.14. The first kappa shape index (κ1) is 16.6. The predicted molar refractivity (Wildman–Crippen MR) is 98.3 cm³/mol. The summed E-state index contributed by atoms with van der Waals surface area (Å²) in [7, 11) is 0. The van der Waals surface area contributed by atoms with Gasteiger partial charge in [-0.15, -0.1) is 0 Å². The first-order chi connectivity index (χ1) is 12.5. The van der Waals surface area contributed by atoms with Crippen LogP contribution in [0, 0.1) is 19.7 Å². The quantitative estimate of drug-likeness (QED) is 0.812. The third-order valence-electron chi connectivity index (χ3n) is 5.14. The van der Waals surface area contributed by atoms with Crippen molar-refractivity contribution in [3.05, 3.63) is 52.1 Å². The van der Waals surface area contributed by atoms with Crippen LogP contribution in [0.3, 0.4) is 0 Å². The Morgan fingerprint density at radius 3 is 2.69 bits per heavy atom. The second-order valence-corrected chi connectivity index (χ2v) is 6.87. The fourth-order valence-corrected chi connectivity index (χ4v) is 3.77. The Morgan fingerprint density at radius 2 is 1.96 bits per heavy atom. The summed E-state index contributed by atoms with van der Waals surface area (Å²) in [5.41, 5.74) is 4.48. The van der Waals surface area contributed by atoms with Gasteiger partial charge in [0.05, 0.1) is 11.1 Å². The van der Waals surface area contributed by atoms with Crippen molar-refractivity contribution in [2.24, 2.45) is 0 Å². The van der Waals surface area contributed by atoms with Gasteiger partial charge in [-0.25, -0.2) is 4.39 Å². The second-order valence-electron chi connectivity index (χ2n) is 6.87. The monoisotopic (exact) mass is 353 g/mol. The van der Waals surface area contributed by atoms with E-state index in [1.54, 1.807) is 12.1 Å². The van der Waals surface area contributed by atoms with Crippen LogP contribution < -0.4 is 5.32 Å². The molecule has 4 rings (SSSR count). The van der Waals surface area contributed by atoms with E-state index >= 15 is 0 Å². The van der Waals surface area contributed by atoms with E-state index < -0.39 is 5.82 Å². The number of nitrogens with zero attached hydrogens (tertiary/aromatic N) is 1. The molecule has 0 radical (unpaired) electrons. The average Bonchev–Trinajstić information content (AvgIpc) is 3.29. The van der Waals surface area contributed by atoms with Gasteiger partial charge in [0.1, 0.15) is 5.82 Å². The summed E-state index contributed by atoms with van der Waals surface area (Å²) in [6.45, 7) is 5.31. The first-order valence-electron chi connectivity index (χ1n) is 8.77. The number of nitrogens with one attached hydrogen (secondary N) is 2. The highest BCUT2D eigenvalue weighted by Crippen LogP contribution is 2.34. The van der Waals surface area contributed by atoms with Crippen LogP contribution in [-0.2, 0) is 4.79 Å². The zero-order valence-corrected chi connectivity index (χ0v) is 14.8.